The number of hydrogen-bond acceptors (Lipinski definition) is 5. The predicted octanol–water partition coefficient (Wildman–Crippen LogP) is 8.04. The molecule has 6 nitrogen and oxygen atoms in total. The van der Waals surface area contributed by atoms with Crippen LogP contribution in [0, 0.1) is 13.8 Å². The third-order valence-corrected chi connectivity index (χ3v) is 7.45. The van der Waals surface area contributed by atoms with Gasteiger partial charge in [0.05, 0.1) is 24.2 Å². The number of rotatable bonds is 8. The van der Waals surface area contributed by atoms with Gasteiger partial charge in [0.25, 0.3) is 5.56 Å². The molecule has 41 heavy (non-hydrogen) atoms. The van der Waals surface area contributed by atoms with Crippen molar-refractivity contribution in [3.8, 4) is 22.9 Å². The van der Waals surface area contributed by atoms with Crippen LogP contribution in [0.1, 0.15) is 47.6 Å². The molecule has 208 valence electrons. The Hall–Kier alpha value is -4.23. The molecule has 1 heterocycles. The molecular formula is C34H32BrN3O3. The summed E-state index contributed by atoms with van der Waals surface area (Å²) in [5.41, 5.74) is 6.13. The van der Waals surface area contributed by atoms with Crippen molar-refractivity contribution >= 4 is 33.0 Å². The summed E-state index contributed by atoms with van der Waals surface area (Å²) in [6.45, 7) is 8.69. The summed E-state index contributed by atoms with van der Waals surface area (Å²) < 4.78 is 14.1. The maximum atomic E-state index is 13.8. The lowest BCUT2D eigenvalue weighted by molar-refractivity contribution is 0.305. The van der Waals surface area contributed by atoms with Crippen LogP contribution in [0.25, 0.3) is 22.3 Å². The molecule has 0 aliphatic heterocycles. The molecule has 5 rings (SSSR count). The van der Waals surface area contributed by atoms with Crippen LogP contribution in [0.4, 0.5) is 0 Å². The van der Waals surface area contributed by atoms with Crippen LogP contribution >= 0.6 is 15.9 Å². The minimum atomic E-state index is -0.250. The van der Waals surface area contributed by atoms with Gasteiger partial charge in [-0.05, 0) is 78.9 Å². The van der Waals surface area contributed by atoms with Crippen LogP contribution in [-0.4, -0.2) is 23.0 Å². The normalized spacial score (nSPS) is 11.5. The molecule has 5 aromatic rings. The number of ether oxygens (including phenoxy) is 2. The van der Waals surface area contributed by atoms with Crippen molar-refractivity contribution < 1.29 is 9.47 Å². The maximum absolute atomic E-state index is 13.8. The summed E-state index contributed by atoms with van der Waals surface area (Å²) in [7, 11) is 1.67. The molecule has 4 aromatic carbocycles. The second kappa shape index (κ2) is 12.1. The quantitative estimate of drug-likeness (QED) is 0.167. The second-order valence-electron chi connectivity index (χ2n) is 10.3. The van der Waals surface area contributed by atoms with Crippen LogP contribution in [-0.2, 0) is 6.61 Å². The average Bonchev–Trinajstić information content (AvgIpc) is 2.96. The number of aromatic nitrogens is 2. The molecule has 7 heteroatoms. The Balaban J connectivity index is 1.63. The van der Waals surface area contributed by atoms with Gasteiger partial charge in [0, 0.05) is 15.6 Å². The van der Waals surface area contributed by atoms with E-state index in [1.165, 1.54) is 10.2 Å². The van der Waals surface area contributed by atoms with Gasteiger partial charge < -0.3 is 9.47 Å². The standard InChI is InChI=1S/C34H32BrN3O3/c1-21(2)28-18-29(23(4)16-32(28)40-5)33-37-30-12-7-6-11-27(30)34(39)38(33)36-19-25-17-26(35)13-14-31(25)41-20-24-10-8-9-22(3)15-24/h6-19,21H,20H2,1-5H3. The Bertz CT molecular complexity index is 1830. The first kappa shape index (κ1) is 28.3. The Kier molecular flexibility index (Phi) is 8.36. The number of aryl methyl sites for hydroxylation is 2. The van der Waals surface area contributed by atoms with Crippen LogP contribution in [0.5, 0.6) is 11.5 Å². The van der Waals surface area contributed by atoms with Crippen molar-refractivity contribution in [2.24, 2.45) is 5.10 Å². The number of fused-ring (bicyclic) bond motifs is 1. The molecule has 0 saturated carbocycles. The van der Waals surface area contributed by atoms with Crippen molar-refractivity contribution in [3.05, 3.63) is 122 Å². The van der Waals surface area contributed by atoms with Crippen molar-refractivity contribution in [2.45, 2.75) is 40.2 Å². The van der Waals surface area contributed by atoms with Crippen LogP contribution in [0.3, 0.4) is 0 Å². The maximum Gasteiger partial charge on any atom is 0.282 e. The van der Waals surface area contributed by atoms with Gasteiger partial charge in [-0.1, -0.05) is 71.7 Å². The first-order chi connectivity index (χ1) is 19.7. The van der Waals surface area contributed by atoms with Crippen molar-refractivity contribution in [1.82, 2.24) is 9.66 Å². The van der Waals surface area contributed by atoms with E-state index in [9.17, 15) is 4.79 Å². The average molecular weight is 611 g/mol. The topological polar surface area (TPSA) is 65.7 Å². The van der Waals surface area contributed by atoms with Gasteiger partial charge in [0.15, 0.2) is 5.82 Å². The summed E-state index contributed by atoms with van der Waals surface area (Å²) >= 11 is 3.56. The monoisotopic (exact) mass is 609 g/mol. The summed E-state index contributed by atoms with van der Waals surface area (Å²) in [6.07, 6.45) is 1.65. The van der Waals surface area contributed by atoms with Crippen molar-refractivity contribution in [2.75, 3.05) is 7.11 Å². The van der Waals surface area contributed by atoms with Crippen molar-refractivity contribution in [3.63, 3.8) is 0 Å². The van der Waals surface area contributed by atoms with E-state index in [1.807, 2.05) is 61.5 Å². The molecular weight excluding hydrogens is 578 g/mol. The highest BCUT2D eigenvalue weighted by Gasteiger charge is 2.18. The molecule has 0 spiro atoms. The molecule has 0 unspecified atom stereocenters. The lowest BCUT2D eigenvalue weighted by Gasteiger charge is -2.17. The number of halogens is 1. The van der Waals surface area contributed by atoms with Crippen LogP contribution in [0.15, 0.2) is 93.2 Å². The van der Waals surface area contributed by atoms with Gasteiger partial charge in [-0.25, -0.2) is 4.98 Å². The second-order valence-corrected chi connectivity index (χ2v) is 11.3. The summed E-state index contributed by atoms with van der Waals surface area (Å²) in [4.78, 5) is 18.8. The van der Waals surface area contributed by atoms with E-state index in [1.54, 1.807) is 19.4 Å². The predicted molar refractivity (Wildman–Crippen MR) is 169 cm³/mol. The Morgan fingerprint density at radius 3 is 2.54 bits per heavy atom. The number of methoxy groups -OCH3 is 1. The SMILES string of the molecule is COc1cc(C)c(-c2nc3ccccc3c(=O)n2N=Cc2cc(Br)ccc2OCc2cccc(C)c2)cc1C(C)C. The van der Waals surface area contributed by atoms with Crippen LogP contribution < -0.4 is 15.0 Å². The minimum absolute atomic E-state index is 0.211. The largest absolute Gasteiger partial charge is 0.496 e. The number of para-hydroxylation sites is 1. The van der Waals surface area contributed by atoms with E-state index in [4.69, 9.17) is 19.6 Å². The van der Waals surface area contributed by atoms with Gasteiger partial charge >= 0.3 is 0 Å². The Morgan fingerprint density at radius 1 is 0.976 bits per heavy atom. The van der Waals surface area contributed by atoms with E-state index >= 15 is 0 Å². The van der Waals surface area contributed by atoms with Crippen LogP contribution in [0.2, 0.25) is 0 Å². The Morgan fingerprint density at radius 2 is 1.78 bits per heavy atom. The molecule has 1 aromatic heterocycles. The Labute approximate surface area is 248 Å². The van der Waals surface area contributed by atoms with Gasteiger partial charge in [0.2, 0.25) is 0 Å². The molecule has 0 fully saturated rings. The third kappa shape index (κ3) is 6.10. The number of nitrogens with zero attached hydrogens (tertiary/aromatic N) is 3. The number of hydrogen-bond donors (Lipinski definition) is 0. The molecule has 0 bridgehead atoms. The highest BCUT2D eigenvalue weighted by Crippen LogP contribution is 2.34. The van der Waals surface area contributed by atoms with Gasteiger partial charge in [-0.15, -0.1) is 0 Å². The lowest BCUT2D eigenvalue weighted by Crippen LogP contribution is -2.21. The van der Waals surface area contributed by atoms with Gasteiger partial charge in [-0.3, -0.25) is 4.79 Å². The molecule has 0 aliphatic carbocycles. The fraction of sp³-hybridized carbons (Fsp3) is 0.206. The lowest BCUT2D eigenvalue weighted by atomic mass is 9.96. The third-order valence-electron chi connectivity index (χ3n) is 6.95. The molecule has 0 amide bonds. The minimum Gasteiger partial charge on any atom is -0.496 e. The van der Waals surface area contributed by atoms with Crippen molar-refractivity contribution in [1.29, 1.82) is 0 Å². The van der Waals surface area contributed by atoms with E-state index in [-0.39, 0.29) is 11.5 Å². The zero-order chi connectivity index (χ0) is 29.1. The van der Waals surface area contributed by atoms with E-state index in [0.29, 0.717) is 29.1 Å². The molecule has 0 N–H and O–H groups in total. The summed E-state index contributed by atoms with van der Waals surface area (Å²) in [5.74, 6) is 2.14. The molecule has 0 saturated heterocycles. The van der Waals surface area contributed by atoms with E-state index in [0.717, 1.165) is 38.0 Å². The number of benzene rings is 4. The zero-order valence-electron chi connectivity index (χ0n) is 23.8. The molecule has 0 radical (unpaired) electrons. The van der Waals surface area contributed by atoms with E-state index < -0.39 is 0 Å². The summed E-state index contributed by atoms with van der Waals surface area (Å²) in [6, 6.07) is 25.3. The zero-order valence-corrected chi connectivity index (χ0v) is 25.4. The summed E-state index contributed by atoms with van der Waals surface area (Å²) in [5, 5.41) is 5.21. The van der Waals surface area contributed by atoms with E-state index in [2.05, 4.69) is 54.9 Å². The first-order valence-corrected chi connectivity index (χ1v) is 14.3. The van der Waals surface area contributed by atoms with Gasteiger partial charge in [0.1, 0.15) is 18.1 Å². The fourth-order valence-electron chi connectivity index (χ4n) is 4.81. The molecule has 0 aliphatic rings. The first-order valence-electron chi connectivity index (χ1n) is 13.5. The highest BCUT2D eigenvalue weighted by molar-refractivity contribution is 9.10. The smallest absolute Gasteiger partial charge is 0.282 e. The fourth-order valence-corrected chi connectivity index (χ4v) is 5.19. The van der Waals surface area contributed by atoms with Gasteiger partial charge in [-0.2, -0.15) is 9.78 Å². The molecule has 0 atom stereocenters. The highest BCUT2D eigenvalue weighted by atomic mass is 79.9.